The summed E-state index contributed by atoms with van der Waals surface area (Å²) in [6.07, 6.45) is 5.10. The quantitative estimate of drug-likeness (QED) is 0.386. The standard InChI is InChI=1S/C25H20FN5O3/c1-13-22(15(3)34-30-13)21-11-28-23-18(17-8-7-16(25(32)33)10-19(17)26)12-31(24(23)29-21)14(2)20-6-4-5-9-27-20/h4-12,14H,1-3H3,(H,32,33)/t14-/m0/s1. The summed E-state index contributed by atoms with van der Waals surface area (Å²) in [6.45, 7) is 5.61. The lowest BCUT2D eigenvalue weighted by molar-refractivity contribution is 0.0696. The Morgan fingerprint density at radius 3 is 2.62 bits per heavy atom. The number of nitrogens with zero attached hydrogens (tertiary/aromatic N) is 5. The average molecular weight is 457 g/mol. The van der Waals surface area contributed by atoms with Crippen LogP contribution in [0.5, 0.6) is 0 Å². The molecule has 0 aliphatic heterocycles. The number of aryl methyl sites for hydroxylation is 2. The minimum absolute atomic E-state index is 0.126. The number of halogens is 1. The van der Waals surface area contributed by atoms with Gasteiger partial charge in [-0.1, -0.05) is 17.3 Å². The largest absolute Gasteiger partial charge is 0.478 e. The van der Waals surface area contributed by atoms with E-state index in [4.69, 9.17) is 9.51 Å². The second-order valence-electron chi connectivity index (χ2n) is 8.01. The number of benzene rings is 1. The number of pyridine rings is 1. The van der Waals surface area contributed by atoms with Gasteiger partial charge in [-0.25, -0.2) is 19.2 Å². The Hall–Kier alpha value is -4.40. The van der Waals surface area contributed by atoms with Gasteiger partial charge in [0.05, 0.1) is 40.4 Å². The van der Waals surface area contributed by atoms with Crippen LogP contribution >= 0.6 is 0 Å². The lowest BCUT2D eigenvalue weighted by Gasteiger charge is -2.14. The molecule has 9 heteroatoms. The molecule has 0 radical (unpaired) electrons. The highest BCUT2D eigenvalue weighted by Gasteiger charge is 2.23. The Bertz CT molecular complexity index is 1520. The van der Waals surface area contributed by atoms with Gasteiger partial charge in [-0.3, -0.25) is 4.98 Å². The number of fused-ring (bicyclic) bond motifs is 1. The molecule has 0 aliphatic rings. The highest BCUT2D eigenvalue weighted by molar-refractivity contribution is 5.94. The molecule has 0 amide bonds. The lowest BCUT2D eigenvalue weighted by atomic mass is 10.0. The van der Waals surface area contributed by atoms with Crippen molar-refractivity contribution in [2.75, 3.05) is 0 Å². The van der Waals surface area contributed by atoms with Crippen molar-refractivity contribution in [1.82, 2.24) is 24.7 Å². The van der Waals surface area contributed by atoms with Gasteiger partial charge in [0.1, 0.15) is 17.1 Å². The third-order valence-corrected chi connectivity index (χ3v) is 5.85. The fourth-order valence-electron chi connectivity index (χ4n) is 4.10. The fourth-order valence-corrected chi connectivity index (χ4v) is 4.10. The van der Waals surface area contributed by atoms with Gasteiger partial charge < -0.3 is 14.2 Å². The van der Waals surface area contributed by atoms with Crippen LogP contribution in [0.2, 0.25) is 0 Å². The van der Waals surface area contributed by atoms with Crippen LogP contribution in [0.25, 0.3) is 33.5 Å². The van der Waals surface area contributed by atoms with Gasteiger partial charge >= 0.3 is 5.97 Å². The van der Waals surface area contributed by atoms with E-state index in [0.29, 0.717) is 33.9 Å². The molecule has 0 unspecified atom stereocenters. The SMILES string of the molecule is Cc1noc(C)c1-c1cnc2c(-c3ccc(C(=O)O)cc3F)cn([C@@H](C)c3ccccn3)c2n1. The Kier molecular flexibility index (Phi) is 5.16. The highest BCUT2D eigenvalue weighted by Crippen LogP contribution is 2.35. The van der Waals surface area contributed by atoms with Crippen molar-refractivity contribution in [3.63, 3.8) is 0 Å². The average Bonchev–Trinajstić information content (AvgIpc) is 3.38. The zero-order chi connectivity index (χ0) is 24.0. The number of carboxylic acids is 1. The van der Waals surface area contributed by atoms with Crippen molar-refractivity contribution >= 4 is 17.1 Å². The third kappa shape index (κ3) is 3.51. The lowest BCUT2D eigenvalue weighted by Crippen LogP contribution is -2.08. The molecule has 0 fully saturated rings. The number of hydrogen-bond donors (Lipinski definition) is 1. The number of carbonyl (C=O) groups is 1. The summed E-state index contributed by atoms with van der Waals surface area (Å²) in [4.78, 5) is 25.2. The third-order valence-electron chi connectivity index (χ3n) is 5.85. The van der Waals surface area contributed by atoms with Crippen LogP contribution in [0.3, 0.4) is 0 Å². The van der Waals surface area contributed by atoms with Crippen molar-refractivity contribution in [2.45, 2.75) is 26.8 Å². The molecule has 1 aromatic carbocycles. The van der Waals surface area contributed by atoms with E-state index < -0.39 is 11.8 Å². The Morgan fingerprint density at radius 1 is 1.15 bits per heavy atom. The molecule has 5 rings (SSSR count). The van der Waals surface area contributed by atoms with Crippen molar-refractivity contribution in [2.24, 2.45) is 0 Å². The first-order valence-electron chi connectivity index (χ1n) is 10.6. The topological polar surface area (TPSA) is 107 Å². The van der Waals surface area contributed by atoms with Crippen molar-refractivity contribution in [1.29, 1.82) is 0 Å². The van der Waals surface area contributed by atoms with Crippen molar-refractivity contribution in [3.05, 3.63) is 83.5 Å². The first-order chi connectivity index (χ1) is 16.3. The molecule has 4 heterocycles. The van der Waals surface area contributed by atoms with E-state index in [2.05, 4.69) is 15.1 Å². The molecule has 170 valence electrons. The van der Waals surface area contributed by atoms with E-state index in [0.717, 1.165) is 17.3 Å². The highest BCUT2D eigenvalue weighted by atomic mass is 19.1. The van der Waals surface area contributed by atoms with Crippen LogP contribution in [0.15, 0.2) is 59.5 Å². The van der Waals surface area contributed by atoms with E-state index in [-0.39, 0.29) is 17.2 Å². The zero-order valence-electron chi connectivity index (χ0n) is 18.7. The van der Waals surface area contributed by atoms with Gasteiger partial charge in [-0.2, -0.15) is 0 Å². The number of aromatic nitrogens is 5. The molecule has 5 aromatic rings. The predicted molar refractivity (Wildman–Crippen MR) is 123 cm³/mol. The Balaban J connectivity index is 1.75. The van der Waals surface area contributed by atoms with Crippen molar-refractivity contribution in [3.8, 4) is 22.4 Å². The molecule has 34 heavy (non-hydrogen) atoms. The molecule has 4 aromatic heterocycles. The van der Waals surface area contributed by atoms with E-state index >= 15 is 4.39 Å². The van der Waals surface area contributed by atoms with E-state index in [1.807, 2.05) is 43.5 Å². The summed E-state index contributed by atoms with van der Waals surface area (Å²) in [5.74, 6) is -1.22. The molecule has 8 nitrogen and oxygen atoms in total. The molecule has 0 aliphatic carbocycles. The first-order valence-corrected chi connectivity index (χ1v) is 10.6. The molecule has 0 bridgehead atoms. The van der Waals surface area contributed by atoms with Crippen LogP contribution in [-0.4, -0.2) is 35.8 Å². The van der Waals surface area contributed by atoms with Gasteiger partial charge in [0, 0.05) is 23.5 Å². The normalized spacial score (nSPS) is 12.2. The van der Waals surface area contributed by atoms with E-state index in [1.165, 1.54) is 12.1 Å². The summed E-state index contributed by atoms with van der Waals surface area (Å²) in [6, 6.07) is 9.25. The Morgan fingerprint density at radius 2 is 1.97 bits per heavy atom. The number of rotatable bonds is 5. The minimum Gasteiger partial charge on any atom is -0.478 e. The van der Waals surface area contributed by atoms with Gasteiger partial charge in [0.15, 0.2) is 5.65 Å². The molecule has 0 saturated carbocycles. The summed E-state index contributed by atoms with van der Waals surface area (Å²) >= 11 is 0. The molecular formula is C25H20FN5O3. The summed E-state index contributed by atoms with van der Waals surface area (Å²) in [5, 5.41) is 13.2. The summed E-state index contributed by atoms with van der Waals surface area (Å²) < 4.78 is 22.2. The zero-order valence-corrected chi connectivity index (χ0v) is 18.7. The second kappa shape index (κ2) is 8.18. The number of carboxylic acid groups (broad SMARTS) is 1. The van der Waals surface area contributed by atoms with Crippen molar-refractivity contribution < 1.29 is 18.8 Å². The Labute approximate surface area is 193 Å². The summed E-state index contributed by atoms with van der Waals surface area (Å²) in [7, 11) is 0. The smallest absolute Gasteiger partial charge is 0.335 e. The summed E-state index contributed by atoms with van der Waals surface area (Å²) in [5.41, 5.74) is 4.48. The number of aromatic carboxylic acids is 1. The monoisotopic (exact) mass is 457 g/mol. The van der Waals surface area contributed by atoms with Crippen LogP contribution in [0.1, 0.15) is 40.5 Å². The first kappa shape index (κ1) is 21.4. The van der Waals surface area contributed by atoms with Crippen LogP contribution in [0, 0.1) is 19.7 Å². The maximum Gasteiger partial charge on any atom is 0.335 e. The van der Waals surface area contributed by atoms with Crippen LogP contribution in [0.4, 0.5) is 4.39 Å². The number of hydrogen-bond acceptors (Lipinski definition) is 6. The predicted octanol–water partition coefficient (Wildman–Crippen LogP) is 5.21. The van der Waals surface area contributed by atoms with Gasteiger partial charge in [0.2, 0.25) is 0 Å². The van der Waals surface area contributed by atoms with Crippen LogP contribution < -0.4 is 0 Å². The van der Waals surface area contributed by atoms with Crippen LogP contribution in [-0.2, 0) is 0 Å². The second-order valence-corrected chi connectivity index (χ2v) is 8.01. The molecule has 0 saturated heterocycles. The van der Waals surface area contributed by atoms with E-state index in [9.17, 15) is 9.90 Å². The molecular weight excluding hydrogens is 437 g/mol. The van der Waals surface area contributed by atoms with E-state index in [1.54, 1.807) is 18.6 Å². The van der Waals surface area contributed by atoms with Gasteiger partial charge in [-0.05, 0) is 45.0 Å². The maximum absolute atomic E-state index is 15.0. The van der Waals surface area contributed by atoms with Gasteiger partial charge in [0.25, 0.3) is 0 Å². The van der Waals surface area contributed by atoms with Gasteiger partial charge in [-0.15, -0.1) is 0 Å². The maximum atomic E-state index is 15.0. The minimum atomic E-state index is -1.19. The molecule has 0 spiro atoms. The fraction of sp³-hybridized carbons (Fsp3) is 0.160. The molecule has 1 atom stereocenters. The molecule has 1 N–H and O–H groups in total.